The third-order valence-corrected chi connectivity index (χ3v) is 3.10. The van der Waals surface area contributed by atoms with Gasteiger partial charge in [-0.1, -0.05) is 0 Å². The summed E-state index contributed by atoms with van der Waals surface area (Å²) in [5.74, 6) is 1.38. The van der Waals surface area contributed by atoms with Crippen molar-refractivity contribution in [3.05, 3.63) is 42.4 Å². The van der Waals surface area contributed by atoms with Crippen LogP contribution in [0.2, 0.25) is 0 Å². The number of ether oxygens (including phenoxy) is 1. The summed E-state index contributed by atoms with van der Waals surface area (Å²) >= 11 is 0. The lowest BCUT2D eigenvalue weighted by Gasteiger charge is -2.07. The summed E-state index contributed by atoms with van der Waals surface area (Å²) in [4.78, 5) is 11.9. The number of carbonyl (C=O) groups excluding carboxylic acids is 1. The number of aromatic nitrogens is 4. The van der Waals surface area contributed by atoms with Crippen LogP contribution >= 0.6 is 0 Å². The molecule has 2 heterocycles. The largest absolute Gasteiger partial charge is 0.484 e. The highest BCUT2D eigenvalue weighted by Crippen LogP contribution is 2.20. The molecule has 0 saturated carbocycles. The predicted octanol–water partition coefficient (Wildman–Crippen LogP) is 1.80. The van der Waals surface area contributed by atoms with Crippen molar-refractivity contribution in [2.45, 2.75) is 6.92 Å². The molecule has 118 valence electrons. The topological polar surface area (TPSA) is 95.1 Å². The van der Waals surface area contributed by atoms with E-state index in [0.717, 1.165) is 11.3 Å². The van der Waals surface area contributed by atoms with E-state index in [1.54, 1.807) is 42.1 Å². The minimum Gasteiger partial charge on any atom is -0.484 e. The average molecular weight is 313 g/mol. The molecule has 1 aromatic carbocycles. The monoisotopic (exact) mass is 313 g/mol. The molecule has 3 aromatic rings. The highest BCUT2D eigenvalue weighted by molar-refractivity contribution is 5.91. The number of hydrogen-bond donors (Lipinski definition) is 1. The van der Waals surface area contributed by atoms with Crippen molar-refractivity contribution in [2.75, 3.05) is 11.9 Å². The van der Waals surface area contributed by atoms with E-state index in [9.17, 15) is 4.79 Å². The Morgan fingerprint density at radius 1 is 1.35 bits per heavy atom. The van der Waals surface area contributed by atoms with Crippen LogP contribution in [0.1, 0.15) is 5.69 Å². The van der Waals surface area contributed by atoms with Gasteiger partial charge in [0.05, 0.1) is 5.69 Å². The average Bonchev–Trinajstić information content (AvgIpc) is 3.16. The van der Waals surface area contributed by atoms with E-state index < -0.39 is 0 Å². The minimum absolute atomic E-state index is 0.0931. The Morgan fingerprint density at radius 2 is 2.13 bits per heavy atom. The quantitative estimate of drug-likeness (QED) is 0.771. The smallest absolute Gasteiger partial charge is 0.263 e. The second-order valence-electron chi connectivity index (χ2n) is 4.90. The molecule has 0 unspecified atom stereocenters. The Kier molecular flexibility index (Phi) is 4.05. The Morgan fingerprint density at radius 3 is 2.74 bits per heavy atom. The molecular formula is C15H15N5O3. The molecule has 1 amide bonds. The molecular weight excluding hydrogens is 298 g/mol. The molecule has 23 heavy (non-hydrogen) atoms. The van der Waals surface area contributed by atoms with E-state index >= 15 is 0 Å². The Hall–Kier alpha value is -3.16. The first-order valence-electron chi connectivity index (χ1n) is 6.92. The first-order valence-corrected chi connectivity index (χ1v) is 6.92. The van der Waals surface area contributed by atoms with Gasteiger partial charge in [-0.15, -0.1) is 10.2 Å². The Labute approximate surface area is 132 Å². The van der Waals surface area contributed by atoms with Crippen LogP contribution in [0.5, 0.6) is 5.75 Å². The number of anilines is 1. The number of carbonyl (C=O) groups is 1. The molecule has 8 nitrogen and oxygen atoms in total. The highest BCUT2D eigenvalue weighted by atomic mass is 16.5. The van der Waals surface area contributed by atoms with Gasteiger partial charge < -0.3 is 14.5 Å². The summed E-state index contributed by atoms with van der Waals surface area (Å²) in [6.45, 7) is 1.77. The van der Waals surface area contributed by atoms with E-state index in [0.29, 0.717) is 17.5 Å². The summed E-state index contributed by atoms with van der Waals surface area (Å²) < 4.78 is 12.2. The summed E-state index contributed by atoms with van der Waals surface area (Å²) in [7, 11) is 1.76. The number of nitrogens with one attached hydrogen (secondary N) is 1. The Bertz CT molecular complexity index is 793. The zero-order chi connectivity index (χ0) is 16.2. The predicted molar refractivity (Wildman–Crippen MR) is 81.8 cm³/mol. The zero-order valence-corrected chi connectivity index (χ0v) is 12.7. The maximum atomic E-state index is 11.9. The van der Waals surface area contributed by atoms with Gasteiger partial charge in [0.15, 0.2) is 6.61 Å². The van der Waals surface area contributed by atoms with Crippen LogP contribution in [0.3, 0.4) is 0 Å². The van der Waals surface area contributed by atoms with Crippen LogP contribution in [0.15, 0.2) is 41.1 Å². The number of aryl methyl sites for hydroxylation is 2. The van der Waals surface area contributed by atoms with E-state index in [1.165, 1.54) is 6.39 Å². The normalized spacial score (nSPS) is 10.5. The SMILES string of the molecule is Cc1cc(NC(=O)COc2ccc(-c3nnco3)cc2)n(C)n1. The molecule has 2 aromatic heterocycles. The van der Waals surface area contributed by atoms with Crippen LogP contribution in [-0.2, 0) is 11.8 Å². The van der Waals surface area contributed by atoms with Gasteiger partial charge in [-0.25, -0.2) is 0 Å². The van der Waals surface area contributed by atoms with Crippen molar-refractivity contribution in [3.8, 4) is 17.2 Å². The summed E-state index contributed by atoms with van der Waals surface area (Å²) in [6.07, 6.45) is 1.27. The zero-order valence-electron chi connectivity index (χ0n) is 12.7. The van der Waals surface area contributed by atoms with Crippen molar-refractivity contribution in [1.29, 1.82) is 0 Å². The molecule has 3 rings (SSSR count). The third-order valence-electron chi connectivity index (χ3n) is 3.10. The van der Waals surface area contributed by atoms with E-state index in [4.69, 9.17) is 9.15 Å². The van der Waals surface area contributed by atoms with Gasteiger partial charge in [0.1, 0.15) is 11.6 Å². The van der Waals surface area contributed by atoms with Gasteiger partial charge in [-0.2, -0.15) is 5.10 Å². The standard InChI is InChI=1S/C15H15N5O3/c1-10-7-13(20(2)19-10)17-14(21)8-22-12-5-3-11(4-6-12)15-18-16-9-23-15/h3-7,9H,8H2,1-2H3,(H,17,21). The van der Waals surface area contributed by atoms with Crippen molar-refractivity contribution in [3.63, 3.8) is 0 Å². The van der Waals surface area contributed by atoms with Crippen LogP contribution in [0.25, 0.3) is 11.5 Å². The van der Waals surface area contributed by atoms with Gasteiger partial charge >= 0.3 is 0 Å². The van der Waals surface area contributed by atoms with Crippen molar-refractivity contribution < 1.29 is 13.9 Å². The van der Waals surface area contributed by atoms with Crippen LogP contribution in [0, 0.1) is 6.92 Å². The summed E-state index contributed by atoms with van der Waals surface area (Å²) in [5.41, 5.74) is 1.62. The van der Waals surface area contributed by atoms with Crippen LogP contribution in [-0.4, -0.2) is 32.5 Å². The molecule has 0 fully saturated rings. The molecule has 0 saturated heterocycles. The highest BCUT2D eigenvalue weighted by Gasteiger charge is 2.08. The molecule has 0 bridgehead atoms. The maximum absolute atomic E-state index is 11.9. The van der Waals surface area contributed by atoms with E-state index in [-0.39, 0.29) is 12.5 Å². The van der Waals surface area contributed by atoms with E-state index in [2.05, 4.69) is 20.6 Å². The van der Waals surface area contributed by atoms with Crippen molar-refractivity contribution in [1.82, 2.24) is 20.0 Å². The van der Waals surface area contributed by atoms with E-state index in [1.807, 2.05) is 6.92 Å². The third kappa shape index (κ3) is 3.54. The second kappa shape index (κ2) is 6.30. The number of amides is 1. The molecule has 1 N–H and O–H groups in total. The fraction of sp³-hybridized carbons (Fsp3) is 0.200. The van der Waals surface area contributed by atoms with Gasteiger partial charge in [-0.3, -0.25) is 9.48 Å². The first kappa shape index (κ1) is 14.8. The summed E-state index contributed by atoms with van der Waals surface area (Å²) in [6, 6.07) is 8.83. The molecule has 0 atom stereocenters. The number of rotatable bonds is 5. The molecule has 0 aliphatic carbocycles. The minimum atomic E-state index is -0.256. The van der Waals surface area contributed by atoms with Gasteiger partial charge in [0, 0.05) is 18.7 Å². The number of hydrogen-bond acceptors (Lipinski definition) is 6. The lowest BCUT2D eigenvalue weighted by Crippen LogP contribution is -2.21. The Balaban J connectivity index is 1.55. The van der Waals surface area contributed by atoms with Gasteiger partial charge in [-0.05, 0) is 31.2 Å². The first-order chi connectivity index (χ1) is 11.1. The van der Waals surface area contributed by atoms with Gasteiger partial charge in [0.25, 0.3) is 5.91 Å². The lowest BCUT2D eigenvalue weighted by atomic mass is 10.2. The van der Waals surface area contributed by atoms with Gasteiger partial charge in [0.2, 0.25) is 12.3 Å². The molecule has 0 spiro atoms. The maximum Gasteiger partial charge on any atom is 0.263 e. The fourth-order valence-corrected chi connectivity index (χ4v) is 2.05. The fourth-order valence-electron chi connectivity index (χ4n) is 2.05. The molecule has 0 aliphatic heterocycles. The lowest BCUT2D eigenvalue weighted by molar-refractivity contribution is -0.118. The molecule has 0 radical (unpaired) electrons. The summed E-state index contributed by atoms with van der Waals surface area (Å²) in [5, 5.41) is 14.3. The number of benzene rings is 1. The van der Waals surface area contributed by atoms with Crippen molar-refractivity contribution >= 4 is 11.7 Å². The van der Waals surface area contributed by atoms with Crippen LogP contribution in [0.4, 0.5) is 5.82 Å². The molecule has 0 aliphatic rings. The second-order valence-corrected chi connectivity index (χ2v) is 4.90. The van der Waals surface area contributed by atoms with Crippen LogP contribution < -0.4 is 10.1 Å². The molecule has 8 heteroatoms. The number of nitrogens with zero attached hydrogens (tertiary/aromatic N) is 4. The van der Waals surface area contributed by atoms with Crippen molar-refractivity contribution in [2.24, 2.45) is 7.05 Å².